The molecular weight excluding hydrogens is 445 g/mol. The normalized spacial score (nSPS) is 30.7. The van der Waals surface area contributed by atoms with Gasteiger partial charge >= 0.3 is 6.18 Å². The van der Waals surface area contributed by atoms with Crippen LogP contribution < -0.4 is 10.2 Å². The summed E-state index contributed by atoms with van der Waals surface area (Å²) in [6.07, 6.45) is -1.25. The SMILES string of the molecule is FC1(F)CCN(c2cc(C(F)(F)F)c(N[C@H]3C[C@@H]4CN(CC5CCOCC5)C[C@@H]4C3)nn2)C1. The lowest BCUT2D eigenvalue weighted by molar-refractivity contribution is -0.137. The Balaban J connectivity index is 1.21. The van der Waals surface area contributed by atoms with E-state index in [1.807, 2.05) is 0 Å². The lowest BCUT2D eigenvalue weighted by Crippen LogP contribution is -2.32. The molecule has 5 rings (SSSR count). The highest BCUT2D eigenvalue weighted by atomic mass is 19.4. The molecule has 3 aliphatic heterocycles. The van der Waals surface area contributed by atoms with Gasteiger partial charge in [-0.3, -0.25) is 0 Å². The first kappa shape index (κ1) is 23.0. The maximum atomic E-state index is 13.8. The number of likely N-dealkylation sites (tertiary alicyclic amines) is 1. The summed E-state index contributed by atoms with van der Waals surface area (Å²) < 4.78 is 73.7. The number of rotatable bonds is 5. The van der Waals surface area contributed by atoms with Crippen molar-refractivity contribution in [1.82, 2.24) is 15.1 Å². The Morgan fingerprint density at radius 2 is 1.79 bits per heavy atom. The number of fused-ring (bicyclic) bond motifs is 1. The first-order chi connectivity index (χ1) is 15.7. The van der Waals surface area contributed by atoms with Gasteiger partial charge in [-0.1, -0.05) is 0 Å². The number of ether oxygens (including phenoxy) is 1. The zero-order valence-electron chi connectivity index (χ0n) is 18.5. The van der Waals surface area contributed by atoms with E-state index in [9.17, 15) is 22.0 Å². The number of alkyl halides is 5. The van der Waals surface area contributed by atoms with Crippen LogP contribution in [0.25, 0.3) is 0 Å². The minimum absolute atomic E-state index is 0.0396. The number of halogens is 5. The topological polar surface area (TPSA) is 53.5 Å². The van der Waals surface area contributed by atoms with Crippen LogP contribution in [0.15, 0.2) is 6.07 Å². The largest absolute Gasteiger partial charge is 0.420 e. The van der Waals surface area contributed by atoms with Crippen molar-refractivity contribution in [2.24, 2.45) is 17.8 Å². The number of anilines is 2. The lowest BCUT2D eigenvalue weighted by atomic mass is 10.00. The van der Waals surface area contributed by atoms with Gasteiger partial charge in [0.25, 0.3) is 5.92 Å². The highest BCUT2D eigenvalue weighted by molar-refractivity contribution is 5.53. The van der Waals surface area contributed by atoms with Crippen molar-refractivity contribution in [1.29, 1.82) is 0 Å². The molecule has 1 aromatic rings. The molecule has 6 nitrogen and oxygen atoms in total. The Morgan fingerprint density at radius 3 is 2.39 bits per heavy atom. The van der Waals surface area contributed by atoms with Crippen molar-refractivity contribution in [2.75, 3.05) is 56.2 Å². The molecule has 0 bridgehead atoms. The first-order valence-electron chi connectivity index (χ1n) is 11.8. The van der Waals surface area contributed by atoms with Gasteiger partial charge in [0, 0.05) is 51.9 Å². The zero-order valence-corrected chi connectivity index (χ0v) is 18.5. The first-order valence-corrected chi connectivity index (χ1v) is 11.8. The summed E-state index contributed by atoms with van der Waals surface area (Å²) in [4.78, 5) is 3.67. The van der Waals surface area contributed by atoms with Crippen molar-refractivity contribution < 1.29 is 26.7 Å². The molecule has 0 unspecified atom stereocenters. The van der Waals surface area contributed by atoms with Crippen molar-refractivity contribution in [3.8, 4) is 0 Å². The molecule has 0 radical (unpaired) electrons. The van der Waals surface area contributed by atoms with E-state index in [4.69, 9.17) is 4.74 Å². The number of hydrogen-bond donors (Lipinski definition) is 1. The van der Waals surface area contributed by atoms with Crippen molar-refractivity contribution in [3.63, 3.8) is 0 Å². The Bertz CT molecular complexity index is 833. The van der Waals surface area contributed by atoms with Gasteiger partial charge in [0.2, 0.25) is 0 Å². The highest BCUT2D eigenvalue weighted by Crippen LogP contribution is 2.42. The van der Waals surface area contributed by atoms with Crippen LogP contribution in [0.3, 0.4) is 0 Å². The summed E-state index contributed by atoms with van der Waals surface area (Å²) >= 11 is 0. The third-order valence-electron chi connectivity index (χ3n) is 7.60. The summed E-state index contributed by atoms with van der Waals surface area (Å²) in [6.45, 7) is 4.04. The monoisotopic (exact) mass is 475 g/mol. The predicted molar refractivity (Wildman–Crippen MR) is 112 cm³/mol. The Labute approximate surface area is 189 Å². The van der Waals surface area contributed by atoms with Gasteiger partial charge in [-0.05, 0) is 49.5 Å². The molecule has 0 spiro atoms. The van der Waals surface area contributed by atoms with Gasteiger partial charge in [-0.25, -0.2) is 8.78 Å². The molecule has 11 heteroatoms. The van der Waals surface area contributed by atoms with Crippen LogP contribution in [0.4, 0.5) is 33.6 Å². The molecule has 1 N–H and O–H groups in total. The third-order valence-corrected chi connectivity index (χ3v) is 7.60. The Morgan fingerprint density at radius 1 is 1.09 bits per heavy atom. The Hall–Kier alpha value is -1.75. The number of aromatic nitrogens is 2. The van der Waals surface area contributed by atoms with Crippen LogP contribution in [0, 0.1) is 17.8 Å². The third kappa shape index (κ3) is 5.18. The van der Waals surface area contributed by atoms with Crippen molar-refractivity contribution in [2.45, 2.75) is 50.2 Å². The standard InChI is InChI=1S/C22H30F5N5O/c23-21(24)3-4-32(13-21)19-9-18(22(25,26)27)20(30-29-19)28-17-7-15-11-31(12-16(15)8-17)10-14-1-5-33-6-2-14/h9,14-17H,1-8,10-13H2,(H,28,30)/t15-,16+,17+. The number of nitrogens with one attached hydrogen (secondary N) is 1. The smallest absolute Gasteiger partial charge is 0.381 e. The van der Waals surface area contributed by atoms with Crippen LogP contribution in [-0.2, 0) is 10.9 Å². The zero-order chi connectivity index (χ0) is 23.2. The van der Waals surface area contributed by atoms with Gasteiger partial charge in [0.15, 0.2) is 11.6 Å². The van der Waals surface area contributed by atoms with Crippen LogP contribution >= 0.6 is 0 Å². The van der Waals surface area contributed by atoms with E-state index in [-0.39, 0.29) is 24.2 Å². The average Bonchev–Trinajstić information content (AvgIpc) is 3.41. The minimum Gasteiger partial charge on any atom is -0.381 e. The molecule has 4 aliphatic rings. The molecule has 1 saturated carbocycles. The van der Waals surface area contributed by atoms with Crippen LogP contribution in [0.2, 0.25) is 0 Å². The maximum Gasteiger partial charge on any atom is 0.420 e. The fraction of sp³-hybridized carbons (Fsp3) is 0.818. The molecule has 0 aromatic carbocycles. The molecule has 3 atom stereocenters. The summed E-state index contributed by atoms with van der Waals surface area (Å²) in [5.74, 6) is -1.77. The molecule has 33 heavy (non-hydrogen) atoms. The molecule has 184 valence electrons. The number of hydrogen-bond acceptors (Lipinski definition) is 6. The van der Waals surface area contributed by atoms with Crippen molar-refractivity contribution in [3.05, 3.63) is 11.6 Å². The summed E-state index contributed by atoms with van der Waals surface area (Å²) in [6, 6.07) is 0.755. The second-order valence-corrected chi connectivity index (χ2v) is 10.1. The van der Waals surface area contributed by atoms with Crippen LogP contribution in [-0.4, -0.2) is 73.0 Å². The van der Waals surface area contributed by atoms with Crippen LogP contribution in [0.5, 0.6) is 0 Å². The molecule has 4 heterocycles. The van der Waals surface area contributed by atoms with Crippen LogP contribution in [0.1, 0.15) is 37.7 Å². The second-order valence-electron chi connectivity index (χ2n) is 10.1. The highest BCUT2D eigenvalue weighted by Gasteiger charge is 2.44. The van der Waals surface area contributed by atoms with Gasteiger partial charge in [0.1, 0.15) is 5.56 Å². The second kappa shape index (κ2) is 8.79. The van der Waals surface area contributed by atoms with E-state index >= 15 is 0 Å². The molecular formula is C22H30F5N5O. The number of nitrogens with zero attached hydrogens (tertiary/aromatic N) is 4. The van der Waals surface area contributed by atoms with Crippen molar-refractivity contribution >= 4 is 11.6 Å². The van der Waals surface area contributed by atoms with Gasteiger partial charge in [0.05, 0.1) is 6.54 Å². The van der Waals surface area contributed by atoms with E-state index in [2.05, 4.69) is 20.4 Å². The average molecular weight is 476 g/mol. The quantitative estimate of drug-likeness (QED) is 0.653. The minimum atomic E-state index is -4.65. The van der Waals surface area contributed by atoms with E-state index in [0.717, 1.165) is 64.6 Å². The van der Waals surface area contributed by atoms with Gasteiger partial charge < -0.3 is 19.9 Å². The molecule has 4 fully saturated rings. The fourth-order valence-electron chi connectivity index (χ4n) is 5.94. The van der Waals surface area contributed by atoms with Gasteiger partial charge in [-0.15, -0.1) is 10.2 Å². The van der Waals surface area contributed by atoms with E-state index in [1.54, 1.807) is 0 Å². The summed E-state index contributed by atoms with van der Waals surface area (Å²) in [5.41, 5.74) is -0.944. The molecule has 0 amide bonds. The van der Waals surface area contributed by atoms with E-state index in [1.165, 1.54) is 4.90 Å². The maximum absolute atomic E-state index is 13.8. The Kier molecular flexibility index (Phi) is 6.13. The molecule has 3 saturated heterocycles. The fourth-order valence-corrected chi connectivity index (χ4v) is 5.94. The summed E-state index contributed by atoms with van der Waals surface area (Å²) in [5, 5.41) is 10.6. The van der Waals surface area contributed by atoms with E-state index in [0.29, 0.717) is 17.8 Å². The molecule has 1 aromatic heterocycles. The predicted octanol–water partition coefficient (Wildman–Crippen LogP) is 3.89. The molecule has 1 aliphatic carbocycles. The lowest BCUT2D eigenvalue weighted by Gasteiger charge is -2.28. The van der Waals surface area contributed by atoms with E-state index < -0.39 is 30.6 Å². The summed E-state index contributed by atoms with van der Waals surface area (Å²) in [7, 11) is 0. The van der Waals surface area contributed by atoms with Gasteiger partial charge in [-0.2, -0.15) is 13.2 Å².